The minimum Gasteiger partial charge on any atom is -0.339 e. The van der Waals surface area contributed by atoms with Gasteiger partial charge in [0.25, 0.3) is 0 Å². The van der Waals surface area contributed by atoms with E-state index in [9.17, 15) is 4.39 Å². The molecule has 0 amide bonds. The Hall–Kier alpha value is -1.39. The summed E-state index contributed by atoms with van der Waals surface area (Å²) in [5.74, 6) is 0.797. The van der Waals surface area contributed by atoms with Crippen LogP contribution in [0.2, 0.25) is 10.2 Å². The highest BCUT2D eigenvalue weighted by atomic mass is 35.5. The predicted octanol–water partition coefficient (Wildman–Crippen LogP) is 5.27. The number of nitrogens with zero attached hydrogens (tertiary/aromatic N) is 2. The van der Waals surface area contributed by atoms with E-state index < -0.39 is 5.82 Å². The second-order valence-electron chi connectivity index (χ2n) is 5.81. The molecule has 1 N–H and O–H groups in total. The molecule has 1 aromatic carbocycles. The van der Waals surface area contributed by atoms with Crippen LogP contribution in [0.5, 0.6) is 0 Å². The molecular formula is C15H16Cl2FN3. The van der Waals surface area contributed by atoms with Crippen LogP contribution in [-0.4, -0.2) is 9.97 Å². The Morgan fingerprint density at radius 2 is 1.81 bits per heavy atom. The monoisotopic (exact) mass is 327 g/mol. The molecule has 0 saturated heterocycles. The molecule has 6 heteroatoms. The molecule has 2 rings (SSSR count). The highest BCUT2D eigenvalue weighted by Gasteiger charge is 2.21. The number of aromatic nitrogens is 2. The van der Waals surface area contributed by atoms with Crippen molar-refractivity contribution >= 4 is 34.7 Å². The second-order valence-corrected chi connectivity index (χ2v) is 6.58. The zero-order valence-electron chi connectivity index (χ0n) is 12.3. The van der Waals surface area contributed by atoms with Crippen molar-refractivity contribution in [2.24, 2.45) is 0 Å². The normalized spacial score (nSPS) is 11.6. The van der Waals surface area contributed by atoms with Crippen LogP contribution in [0.25, 0.3) is 0 Å². The average Bonchev–Trinajstić information content (AvgIpc) is 2.36. The molecule has 0 saturated carbocycles. The molecule has 112 valence electrons. The van der Waals surface area contributed by atoms with Crippen molar-refractivity contribution < 1.29 is 4.39 Å². The smallest absolute Gasteiger partial charge is 0.138 e. The minimum absolute atomic E-state index is 0.236. The lowest BCUT2D eigenvalue weighted by molar-refractivity contribution is 0.545. The number of rotatable bonds is 2. The van der Waals surface area contributed by atoms with Crippen LogP contribution in [0.3, 0.4) is 0 Å². The maximum atomic E-state index is 13.1. The average molecular weight is 328 g/mol. The van der Waals surface area contributed by atoms with Crippen molar-refractivity contribution in [2.45, 2.75) is 33.1 Å². The number of nitrogens with one attached hydrogen (secondary N) is 1. The lowest BCUT2D eigenvalue weighted by Gasteiger charge is -2.19. The molecule has 0 aliphatic heterocycles. The first-order valence-electron chi connectivity index (χ1n) is 6.45. The van der Waals surface area contributed by atoms with Gasteiger partial charge in [-0.15, -0.1) is 0 Å². The highest BCUT2D eigenvalue weighted by Crippen LogP contribution is 2.30. The molecular weight excluding hydrogens is 312 g/mol. The Labute approximate surface area is 133 Å². The zero-order valence-corrected chi connectivity index (χ0v) is 13.8. The summed E-state index contributed by atoms with van der Waals surface area (Å²) in [4.78, 5) is 8.81. The van der Waals surface area contributed by atoms with E-state index in [2.05, 4.69) is 15.3 Å². The molecule has 0 aliphatic rings. The molecule has 0 atom stereocenters. The van der Waals surface area contributed by atoms with E-state index in [0.717, 1.165) is 0 Å². The van der Waals surface area contributed by atoms with Crippen molar-refractivity contribution in [1.29, 1.82) is 0 Å². The Bertz CT molecular complexity index is 681. The standard InChI is InChI=1S/C15H16Cl2FN3/c1-8-12(17)20-14(15(2,3)4)21-13(8)19-11-6-5-9(18)7-10(11)16/h5-7H,1-4H3,(H,19,20,21). The third-order valence-corrected chi connectivity index (χ3v) is 3.62. The maximum absolute atomic E-state index is 13.1. The van der Waals surface area contributed by atoms with Crippen LogP contribution in [-0.2, 0) is 5.41 Å². The molecule has 3 nitrogen and oxygen atoms in total. The van der Waals surface area contributed by atoms with E-state index in [1.54, 1.807) is 6.07 Å². The maximum Gasteiger partial charge on any atom is 0.138 e. The molecule has 0 bridgehead atoms. The van der Waals surface area contributed by atoms with Gasteiger partial charge in [0.15, 0.2) is 0 Å². The van der Waals surface area contributed by atoms with Crippen molar-refractivity contribution in [3.05, 3.63) is 45.6 Å². The molecule has 0 aliphatic carbocycles. The van der Waals surface area contributed by atoms with Crippen molar-refractivity contribution in [3.8, 4) is 0 Å². The van der Waals surface area contributed by atoms with Crippen molar-refractivity contribution in [3.63, 3.8) is 0 Å². The van der Waals surface area contributed by atoms with E-state index in [1.807, 2.05) is 27.7 Å². The van der Waals surface area contributed by atoms with E-state index in [4.69, 9.17) is 23.2 Å². The highest BCUT2D eigenvalue weighted by molar-refractivity contribution is 6.33. The SMILES string of the molecule is Cc1c(Cl)nc(C(C)(C)C)nc1Nc1ccc(F)cc1Cl. The van der Waals surface area contributed by atoms with E-state index in [0.29, 0.717) is 28.0 Å². The first-order valence-corrected chi connectivity index (χ1v) is 7.21. The Morgan fingerprint density at radius 1 is 1.14 bits per heavy atom. The molecule has 21 heavy (non-hydrogen) atoms. The summed E-state index contributed by atoms with van der Waals surface area (Å²) in [6.45, 7) is 7.82. The second kappa shape index (κ2) is 5.78. The van der Waals surface area contributed by atoms with Crippen molar-refractivity contribution in [2.75, 3.05) is 5.32 Å². The van der Waals surface area contributed by atoms with E-state index in [1.165, 1.54) is 12.1 Å². The fraction of sp³-hybridized carbons (Fsp3) is 0.333. The van der Waals surface area contributed by atoms with Gasteiger partial charge in [-0.1, -0.05) is 44.0 Å². The molecule has 2 aromatic rings. The lowest BCUT2D eigenvalue weighted by atomic mass is 9.95. The van der Waals surface area contributed by atoms with Crippen LogP contribution in [0.1, 0.15) is 32.2 Å². The topological polar surface area (TPSA) is 37.8 Å². The summed E-state index contributed by atoms with van der Waals surface area (Å²) >= 11 is 12.2. The first kappa shape index (κ1) is 16.0. The van der Waals surface area contributed by atoms with Gasteiger partial charge in [0.2, 0.25) is 0 Å². The summed E-state index contributed by atoms with van der Waals surface area (Å²) in [5, 5.41) is 3.75. The van der Waals surface area contributed by atoms with Gasteiger partial charge in [0.1, 0.15) is 22.6 Å². The summed E-state index contributed by atoms with van der Waals surface area (Å²) in [6.07, 6.45) is 0. The Kier molecular flexibility index (Phi) is 4.40. The third kappa shape index (κ3) is 3.63. The molecule has 0 spiro atoms. The molecule has 1 aromatic heterocycles. The molecule has 0 radical (unpaired) electrons. The van der Waals surface area contributed by atoms with Gasteiger partial charge in [0, 0.05) is 11.0 Å². The van der Waals surface area contributed by atoms with E-state index >= 15 is 0 Å². The first-order chi connectivity index (χ1) is 9.68. The van der Waals surface area contributed by atoms with Crippen molar-refractivity contribution in [1.82, 2.24) is 9.97 Å². The fourth-order valence-corrected chi connectivity index (χ4v) is 2.05. The van der Waals surface area contributed by atoms with Crippen LogP contribution in [0.15, 0.2) is 18.2 Å². The number of benzene rings is 1. The number of anilines is 2. The van der Waals surface area contributed by atoms with Crippen LogP contribution < -0.4 is 5.32 Å². The Balaban J connectivity index is 2.46. The lowest BCUT2D eigenvalue weighted by Crippen LogP contribution is -2.17. The Morgan fingerprint density at radius 3 is 2.38 bits per heavy atom. The van der Waals surface area contributed by atoms with Gasteiger partial charge in [-0.05, 0) is 25.1 Å². The van der Waals surface area contributed by atoms with Crippen LogP contribution >= 0.6 is 23.2 Å². The number of halogens is 3. The van der Waals surface area contributed by atoms with Gasteiger partial charge in [-0.3, -0.25) is 0 Å². The summed E-state index contributed by atoms with van der Waals surface area (Å²) in [5.41, 5.74) is 1.04. The van der Waals surface area contributed by atoms with Gasteiger partial charge in [-0.2, -0.15) is 0 Å². The van der Waals surface area contributed by atoms with Crippen LogP contribution in [0.4, 0.5) is 15.9 Å². The fourth-order valence-electron chi connectivity index (χ4n) is 1.66. The quantitative estimate of drug-likeness (QED) is 0.763. The van der Waals surface area contributed by atoms with Crippen LogP contribution in [0, 0.1) is 12.7 Å². The van der Waals surface area contributed by atoms with E-state index in [-0.39, 0.29) is 10.4 Å². The summed E-state index contributed by atoms with van der Waals surface area (Å²) in [6, 6.07) is 4.13. The molecule has 1 heterocycles. The zero-order chi connectivity index (χ0) is 15.8. The molecule has 0 unspecified atom stereocenters. The van der Waals surface area contributed by atoms with Gasteiger partial charge in [-0.25, -0.2) is 14.4 Å². The van der Waals surface area contributed by atoms with Gasteiger partial charge in [0.05, 0.1) is 10.7 Å². The number of hydrogen-bond donors (Lipinski definition) is 1. The largest absolute Gasteiger partial charge is 0.339 e. The van der Waals surface area contributed by atoms with Gasteiger partial charge >= 0.3 is 0 Å². The number of hydrogen-bond acceptors (Lipinski definition) is 3. The summed E-state index contributed by atoms with van der Waals surface area (Å²) < 4.78 is 13.1. The predicted molar refractivity (Wildman–Crippen MR) is 85.2 cm³/mol. The minimum atomic E-state index is -0.390. The van der Waals surface area contributed by atoms with Gasteiger partial charge < -0.3 is 5.32 Å². The molecule has 0 fully saturated rings. The summed E-state index contributed by atoms with van der Waals surface area (Å²) in [7, 11) is 0. The third-order valence-electron chi connectivity index (χ3n) is 2.94.